The highest BCUT2D eigenvalue weighted by Crippen LogP contribution is 2.24. The van der Waals surface area contributed by atoms with Crippen LogP contribution < -0.4 is 10.9 Å². The minimum atomic E-state index is -0.121. The van der Waals surface area contributed by atoms with Gasteiger partial charge in [-0.3, -0.25) is 4.79 Å². The molecule has 1 heterocycles. The first kappa shape index (κ1) is 15.7. The van der Waals surface area contributed by atoms with E-state index in [0.717, 1.165) is 0 Å². The van der Waals surface area contributed by atoms with Crippen LogP contribution in [0.25, 0.3) is 0 Å². The van der Waals surface area contributed by atoms with Crippen molar-refractivity contribution in [1.82, 2.24) is 9.55 Å². The van der Waals surface area contributed by atoms with Crippen molar-refractivity contribution in [2.45, 2.75) is 53.1 Å². The SMILES string of the molecule is CC(C)n1ccnc(NC(CCO)C(C)(C)C)c1=O. The fourth-order valence-electron chi connectivity index (χ4n) is 1.95. The van der Waals surface area contributed by atoms with Crippen molar-refractivity contribution < 1.29 is 5.11 Å². The first-order valence-electron chi connectivity index (χ1n) is 6.72. The van der Waals surface area contributed by atoms with Crippen molar-refractivity contribution in [2.24, 2.45) is 5.41 Å². The fourth-order valence-corrected chi connectivity index (χ4v) is 1.95. The normalized spacial score (nSPS) is 13.6. The number of rotatable bonds is 5. The first-order chi connectivity index (χ1) is 8.77. The summed E-state index contributed by atoms with van der Waals surface area (Å²) in [6.45, 7) is 10.2. The van der Waals surface area contributed by atoms with E-state index >= 15 is 0 Å². The summed E-state index contributed by atoms with van der Waals surface area (Å²) in [5, 5.41) is 12.3. The molecule has 108 valence electrons. The lowest BCUT2D eigenvalue weighted by Crippen LogP contribution is -2.38. The average molecular weight is 267 g/mol. The molecule has 19 heavy (non-hydrogen) atoms. The first-order valence-corrected chi connectivity index (χ1v) is 6.72. The van der Waals surface area contributed by atoms with Crippen LogP contribution in [0.15, 0.2) is 17.2 Å². The van der Waals surface area contributed by atoms with Crippen LogP contribution in [0.1, 0.15) is 47.1 Å². The molecule has 0 bridgehead atoms. The van der Waals surface area contributed by atoms with E-state index in [0.29, 0.717) is 12.2 Å². The highest BCUT2D eigenvalue weighted by molar-refractivity contribution is 5.33. The molecular formula is C14H25N3O2. The molecule has 1 aromatic rings. The lowest BCUT2D eigenvalue weighted by Gasteiger charge is -2.31. The molecule has 5 nitrogen and oxygen atoms in total. The Morgan fingerprint density at radius 2 is 2.05 bits per heavy atom. The summed E-state index contributed by atoms with van der Waals surface area (Å²) in [5.41, 5.74) is -0.181. The van der Waals surface area contributed by atoms with E-state index in [9.17, 15) is 4.79 Å². The molecule has 0 spiro atoms. The van der Waals surface area contributed by atoms with E-state index in [1.807, 2.05) is 13.8 Å². The van der Waals surface area contributed by atoms with Gasteiger partial charge < -0.3 is 15.0 Å². The Balaban J connectivity index is 3.04. The molecule has 0 saturated carbocycles. The molecule has 5 heteroatoms. The van der Waals surface area contributed by atoms with Crippen LogP contribution in [0.3, 0.4) is 0 Å². The van der Waals surface area contributed by atoms with E-state index in [4.69, 9.17) is 5.11 Å². The zero-order chi connectivity index (χ0) is 14.6. The molecule has 0 aromatic carbocycles. The van der Waals surface area contributed by atoms with Crippen LogP contribution in [0.4, 0.5) is 5.82 Å². The maximum Gasteiger partial charge on any atom is 0.293 e. The van der Waals surface area contributed by atoms with Gasteiger partial charge in [0.25, 0.3) is 5.56 Å². The molecule has 0 aliphatic heterocycles. The number of hydrogen-bond donors (Lipinski definition) is 2. The number of aliphatic hydroxyl groups excluding tert-OH is 1. The zero-order valence-corrected chi connectivity index (χ0v) is 12.5. The molecule has 0 amide bonds. The molecule has 0 saturated heterocycles. The van der Waals surface area contributed by atoms with E-state index in [2.05, 4.69) is 31.1 Å². The van der Waals surface area contributed by atoms with Crippen molar-refractivity contribution in [2.75, 3.05) is 11.9 Å². The number of anilines is 1. The molecule has 1 unspecified atom stereocenters. The minimum Gasteiger partial charge on any atom is -0.396 e. The summed E-state index contributed by atoms with van der Waals surface area (Å²) in [6, 6.07) is 0.0997. The largest absolute Gasteiger partial charge is 0.396 e. The smallest absolute Gasteiger partial charge is 0.293 e. The van der Waals surface area contributed by atoms with Crippen LogP contribution in [-0.2, 0) is 0 Å². The maximum atomic E-state index is 12.3. The lowest BCUT2D eigenvalue weighted by molar-refractivity contribution is 0.235. The molecule has 0 aliphatic rings. The molecular weight excluding hydrogens is 242 g/mol. The van der Waals surface area contributed by atoms with Gasteiger partial charge in [-0.25, -0.2) is 4.98 Å². The predicted molar refractivity (Wildman–Crippen MR) is 77.5 cm³/mol. The second-order valence-electron chi connectivity index (χ2n) is 6.16. The average Bonchev–Trinajstić information content (AvgIpc) is 2.29. The third-order valence-electron chi connectivity index (χ3n) is 3.20. The Morgan fingerprint density at radius 3 is 2.53 bits per heavy atom. The van der Waals surface area contributed by atoms with Crippen molar-refractivity contribution in [3.8, 4) is 0 Å². The van der Waals surface area contributed by atoms with Gasteiger partial charge >= 0.3 is 0 Å². The molecule has 2 N–H and O–H groups in total. The summed E-state index contributed by atoms with van der Waals surface area (Å²) in [5.74, 6) is 0.351. The van der Waals surface area contributed by atoms with Gasteiger partial charge in [0, 0.05) is 31.1 Å². The Morgan fingerprint density at radius 1 is 1.42 bits per heavy atom. The highest BCUT2D eigenvalue weighted by Gasteiger charge is 2.25. The number of nitrogens with zero attached hydrogens (tertiary/aromatic N) is 2. The number of hydrogen-bond acceptors (Lipinski definition) is 4. The van der Waals surface area contributed by atoms with Crippen molar-refractivity contribution in [3.05, 3.63) is 22.7 Å². The Bertz CT molecular complexity index is 460. The fraction of sp³-hybridized carbons (Fsp3) is 0.714. The third kappa shape index (κ3) is 4.06. The number of nitrogens with one attached hydrogen (secondary N) is 1. The molecule has 0 aliphatic carbocycles. The maximum absolute atomic E-state index is 12.3. The summed E-state index contributed by atoms with van der Waals surface area (Å²) in [4.78, 5) is 16.4. The predicted octanol–water partition coefficient (Wildman–Crippen LogP) is 2.03. The second kappa shape index (κ2) is 6.19. The van der Waals surface area contributed by atoms with E-state index in [1.54, 1.807) is 17.0 Å². The summed E-state index contributed by atoms with van der Waals surface area (Å²) < 4.78 is 1.65. The number of aromatic nitrogens is 2. The van der Waals surface area contributed by atoms with E-state index in [1.165, 1.54) is 0 Å². The third-order valence-corrected chi connectivity index (χ3v) is 3.20. The lowest BCUT2D eigenvalue weighted by atomic mass is 9.85. The second-order valence-corrected chi connectivity index (χ2v) is 6.16. The van der Waals surface area contributed by atoms with Crippen molar-refractivity contribution in [3.63, 3.8) is 0 Å². The van der Waals surface area contributed by atoms with Gasteiger partial charge in [-0.2, -0.15) is 0 Å². The molecule has 1 aromatic heterocycles. The van der Waals surface area contributed by atoms with Crippen LogP contribution in [0.5, 0.6) is 0 Å². The monoisotopic (exact) mass is 267 g/mol. The molecule has 0 radical (unpaired) electrons. The summed E-state index contributed by atoms with van der Waals surface area (Å²) >= 11 is 0. The molecule has 1 atom stereocenters. The van der Waals surface area contributed by atoms with Crippen LogP contribution in [0, 0.1) is 5.41 Å². The Kier molecular flexibility index (Phi) is 5.11. The van der Waals surface area contributed by atoms with Crippen LogP contribution in [0.2, 0.25) is 0 Å². The standard InChI is InChI=1S/C14H25N3O2/c1-10(2)17-8-7-15-12(13(17)19)16-11(6-9-18)14(3,4)5/h7-8,10-11,18H,6,9H2,1-5H3,(H,15,16). The van der Waals surface area contributed by atoms with Gasteiger partial charge in [-0.05, 0) is 25.7 Å². The van der Waals surface area contributed by atoms with Crippen molar-refractivity contribution >= 4 is 5.82 Å². The van der Waals surface area contributed by atoms with Gasteiger partial charge in [-0.1, -0.05) is 20.8 Å². The Hall–Kier alpha value is -1.36. The summed E-state index contributed by atoms with van der Waals surface area (Å²) in [6.07, 6.45) is 3.90. The summed E-state index contributed by atoms with van der Waals surface area (Å²) in [7, 11) is 0. The minimum absolute atomic E-state index is 0.000659. The topological polar surface area (TPSA) is 67.2 Å². The van der Waals surface area contributed by atoms with Crippen LogP contribution in [-0.4, -0.2) is 27.3 Å². The van der Waals surface area contributed by atoms with Crippen molar-refractivity contribution in [1.29, 1.82) is 0 Å². The van der Waals surface area contributed by atoms with Gasteiger partial charge in [0.1, 0.15) is 0 Å². The van der Waals surface area contributed by atoms with Gasteiger partial charge in [0.15, 0.2) is 5.82 Å². The van der Waals surface area contributed by atoms with Gasteiger partial charge in [0.2, 0.25) is 0 Å². The number of aliphatic hydroxyl groups is 1. The van der Waals surface area contributed by atoms with Gasteiger partial charge in [-0.15, -0.1) is 0 Å². The highest BCUT2D eigenvalue weighted by atomic mass is 16.3. The zero-order valence-electron chi connectivity index (χ0n) is 12.5. The van der Waals surface area contributed by atoms with Gasteiger partial charge in [0.05, 0.1) is 0 Å². The quantitative estimate of drug-likeness (QED) is 0.856. The van der Waals surface area contributed by atoms with E-state index < -0.39 is 0 Å². The van der Waals surface area contributed by atoms with E-state index in [-0.39, 0.29) is 29.7 Å². The van der Waals surface area contributed by atoms with Crippen LogP contribution >= 0.6 is 0 Å². The molecule has 1 rings (SSSR count). The molecule has 0 fully saturated rings. The Labute approximate surface area is 114 Å².